The summed E-state index contributed by atoms with van der Waals surface area (Å²) in [6.45, 7) is 9.83. The molecular weight excluding hydrogens is 148 g/mol. The zero-order chi connectivity index (χ0) is 9.19. The SMILES string of the molecule is CCn1nccc1C(C)(C)CC. The van der Waals surface area contributed by atoms with Gasteiger partial charge in [0.15, 0.2) is 0 Å². The van der Waals surface area contributed by atoms with Crippen molar-refractivity contribution in [3.05, 3.63) is 18.0 Å². The van der Waals surface area contributed by atoms with E-state index in [0.29, 0.717) is 0 Å². The lowest BCUT2D eigenvalue weighted by molar-refractivity contribution is 0.446. The Morgan fingerprint density at radius 2 is 2.08 bits per heavy atom. The number of hydrogen-bond donors (Lipinski definition) is 0. The molecular formula is C10H18N2. The topological polar surface area (TPSA) is 17.8 Å². The molecule has 0 aliphatic heterocycles. The molecule has 0 atom stereocenters. The Balaban J connectivity index is 3.00. The summed E-state index contributed by atoms with van der Waals surface area (Å²) >= 11 is 0. The molecule has 0 aliphatic carbocycles. The van der Waals surface area contributed by atoms with Crippen LogP contribution in [0.5, 0.6) is 0 Å². The van der Waals surface area contributed by atoms with Crippen LogP contribution in [0.3, 0.4) is 0 Å². The van der Waals surface area contributed by atoms with Crippen LogP contribution in [0, 0.1) is 0 Å². The van der Waals surface area contributed by atoms with Crippen LogP contribution in [0.25, 0.3) is 0 Å². The summed E-state index contributed by atoms with van der Waals surface area (Å²) in [7, 11) is 0. The van der Waals surface area contributed by atoms with Crippen molar-refractivity contribution >= 4 is 0 Å². The quantitative estimate of drug-likeness (QED) is 0.675. The molecule has 2 nitrogen and oxygen atoms in total. The second-order valence-electron chi connectivity index (χ2n) is 3.77. The average Bonchev–Trinajstić information content (AvgIpc) is 2.52. The van der Waals surface area contributed by atoms with Gasteiger partial charge in [-0.1, -0.05) is 20.8 Å². The molecule has 0 bridgehead atoms. The number of nitrogens with zero attached hydrogens (tertiary/aromatic N) is 2. The molecule has 1 heterocycles. The third kappa shape index (κ3) is 1.52. The zero-order valence-corrected chi connectivity index (χ0v) is 8.46. The Morgan fingerprint density at radius 1 is 1.42 bits per heavy atom. The molecule has 0 amide bonds. The van der Waals surface area contributed by atoms with Crippen molar-refractivity contribution in [1.82, 2.24) is 9.78 Å². The average molecular weight is 166 g/mol. The molecule has 12 heavy (non-hydrogen) atoms. The molecule has 0 saturated heterocycles. The van der Waals surface area contributed by atoms with E-state index in [1.54, 1.807) is 0 Å². The van der Waals surface area contributed by atoms with E-state index < -0.39 is 0 Å². The molecule has 68 valence electrons. The highest BCUT2D eigenvalue weighted by Gasteiger charge is 2.21. The highest BCUT2D eigenvalue weighted by atomic mass is 15.3. The maximum Gasteiger partial charge on any atom is 0.0492 e. The van der Waals surface area contributed by atoms with Gasteiger partial charge in [0.25, 0.3) is 0 Å². The number of hydrogen-bond acceptors (Lipinski definition) is 1. The van der Waals surface area contributed by atoms with Crippen LogP contribution in [0.4, 0.5) is 0 Å². The number of aromatic nitrogens is 2. The van der Waals surface area contributed by atoms with Crippen LogP contribution in [0.2, 0.25) is 0 Å². The number of aryl methyl sites for hydroxylation is 1. The Kier molecular flexibility index (Phi) is 2.55. The van der Waals surface area contributed by atoms with Crippen LogP contribution in [0.15, 0.2) is 12.3 Å². The van der Waals surface area contributed by atoms with Crippen molar-refractivity contribution in [2.75, 3.05) is 0 Å². The van der Waals surface area contributed by atoms with Crippen LogP contribution >= 0.6 is 0 Å². The second kappa shape index (κ2) is 3.30. The lowest BCUT2D eigenvalue weighted by Crippen LogP contribution is -2.20. The molecule has 0 N–H and O–H groups in total. The summed E-state index contributed by atoms with van der Waals surface area (Å²) < 4.78 is 2.07. The Morgan fingerprint density at radius 3 is 2.58 bits per heavy atom. The maximum absolute atomic E-state index is 4.27. The van der Waals surface area contributed by atoms with Gasteiger partial charge in [0.05, 0.1) is 0 Å². The first-order valence-corrected chi connectivity index (χ1v) is 4.64. The molecule has 2 heteroatoms. The van der Waals surface area contributed by atoms with Gasteiger partial charge in [-0.25, -0.2) is 0 Å². The van der Waals surface area contributed by atoms with E-state index in [0.717, 1.165) is 13.0 Å². The zero-order valence-electron chi connectivity index (χ0n) is 8.46. The van der Waals surface area contributed by atoms with E-state index >= 15 is 0 Å². The summed E-state index contributed by atoms with van der Waals surface area (Å²) in [6, 6.07) is 2.12. The van der Waals surface area contributed by atoms with Gasteiger partial charge in [-0.3, -0.25) is 4.68 Å². The van der Waals surface area contributed by atoms with E-state index in [2.05, 4.69) is 43.5 Å². The molecule has 1 aromatic rings. The standard InChI is InChI=1S/C10H18N2/c1-5-10(3,4)9-7-8-11-12(9)6-2/h7-8H,5-6H2,1-4H3. The highest BCUT2D eigenvalue weighted by Crippen LogP contribution is 2.25. The Bertz CT molecular complexity index is 248. The summed E-state index contributed by atoms with van der Waals surface area (Å²) in [5, 5.41) is 4.27. The summed E-state index contributed by atoms with van der Waals surface area (Å²) in [4.78, 5) is 0. The van der Waals surface area contributed by atoms with E-state index in [9.17, 15) is 0 Å². The summed E-state index contributed by atoms with van der Waals surface area (Å²) in [6.07, 6.45) is 3.04. The van der Waals surface area contributed by atoms with Gasteiger partial charge in [-0.05, 0) is 19.4 Å². The van der Waals surface area contributed by atoms with Crippen molar-refractivity contribution in [2.45, 2.75) is 46.1 Å². The number of rotatable bonds is 3. The van der Waals surface area contributed by atoms with Crippen molar-refractivity contribution in [2.24, 2.45) is 0 Å². The van der Waals surface area contributed by atoms with Crippen LogP contribution in [-0.2, 0) is 12.0 Å². The van der Waals surface area contributed by atoms with E-state index in [4.69, 9.17) is 0 Å². The molecule has 0 fully saturated rings. The van der Waals surface area contributed by atoms with Crippen LogP contribution < -0.4 is 0 Å². The Labute approximate surface area is 74.6 Å². The fourth-order valence-corrected chi connectivity index (χ4v) is 1.34. The maximum atomic E-state index is 4.27. The molecule has 0 radical (unpaired) electrons. The summed E-state index contributed by atoms with van der Waals surface area (Å²) in [5.74, 6) is 0. The van der Waals surface area contributed by atoms with Gasteiger partial charge in [0.1, 0.15) is 0 Å². The predicted octanol–water partition coefficient (Wildman–Crippen LogP) is 2.59. The van der Waals surface area contributed by atoms with E-state index in [-0.39, 0.29) is 5.41 Å². The fourth-order valence-electron chi connectivity index (χ4n) is 1.34. The Hall–Kier alpha value is -0.790. The van der Waals surface area contributed by atoms with Gasteiger partial charge in [-0.15, -0.1) is 0 Å². The predicted molar refractivity (Wildman–Crippen MR) is 51.2 cm³/mol. The van der Waals surface area contributed by atoms with E-state index in [1.165, 1.54) is 5.69 Å². The molecule has 1 rings (SSSR count). The highest BCUT2D eigenvalue weighted by molar-refractivity contribution is 5.12. The van der Waals surface area contributed by atoms with Gasteiger partial charge in [-0.2, -0.15) is 5.10 Å². The first-order valence-electron chi connectivity index (χ1n) is 4.64. The minimum absolute atomic E-state index is 0.256. The normalized spacial score (nSPS) is 12.0. The molecule has 0 aromatic carbocycles. The van der Waals surface area contributed by atoms with Crippen molar-refractivity contribution in [3.8, 4) is 0 Å². The van der Waals surface area contributed by atoms with Crippen LogP contribution in [-0.4, -0.2) is 9.78 Å². The van der Waals surface area contributed by atoms with Gasteiger partial charge < -0.3 is 0 Å². The fraction of sp³-hybridized carbons (Fsp3) is 0.700. The molecule has 0 unspecified atom stereocenters. The van der Waals surface area contributed by atoms with Gasteiger partial charge in [0.2, 0.25) is 0 Å². The molecule has 0 spiro atoms. The minimum atomic E-state index is 0.256. The third-order valence-corrected chi connectivity index (χ3v) is 2.59. The third-order valence-electron chi connectivity index (χ3n) is 2.59. The smallest absolute Gasteiger partial charge is 0.0492 e. The van der Waals surface area contributed by atoms with Crippen LogP contribution in [0.1, 0.15) is 39.8 Å². The second-order valence-corrected chi connectivity index (χ2v) is 3.77. The summed E-state index contributed by atoms with van der Waals surface area (Å²) in [5.41, 5.74) is 1.60. The largest absolute Gasteiger partial charge is 0.269 e. The van der Waals surface area contributed by atoms with E-state index in [1.807, 2.05) is 6.20 Å². The van der Waals surface area contributed by atoms with Crippen molar-refractivity contribution < 1.29 is 0 Å². The van der Waals surface area contributed by atoms with Crippen molar-refractivity contribution in [3.63, 3.8) is 0 Å². The van der Waals surface area contributed by atoms with Crippen molar-refractivity contribution in [1.29, 1.82) is 0 Å². The monoisotopic (exact) mass is 166 g/mol. The first kappa shape index (κ1) is 9.30. The molecule has 1 aromatic heterocycles. The molecule has 0 aliphatic rings. The molecule has 0 saturated carbocycles. The minimum Gasteiger partial charge on any atom is -0.269 e. The lowest BCUT2D eigenvalue weighted by Gasteiger charge is -2.23. The first-order chi connectivity index (χ1) is 5.61. The lowest BCUT2D eigenvalue weighted by atomic mass is 9.86. The van der Waals surface area contributed by atoms with Gasteiger partial charge >= 0.3 is 0 Å². The van der Waals surface area contributed by atoms with Gasteiger partial charge in [0, 0.05) is 23.9 Å².